The number of nitrogens with zero attached hydrogens (tertiary/aromatic N) is 2. The van der Waals surface area contributed by atoms with Crippen LogP contribution in [0.5, 0.6) is 0 Å². The summed E-state index contributed by atoms with van der Waals surface area (Å²) in [6, 6.07) is 9.10. The maximum Gasteiger partial charge on any atom is 0.417 e. The lowest BCUT2D eigenvalue weighted by molar-refractivity contribution is -0.137. The van der Waals surface area contributed by atoms with E-state index in [1.165, 1.54) is 6.07 Å². The third kappa shape index (κ3) is 7.38. The molecular formula is C23H27F3N4O2S. The first-order chi connectivity index (χ1) is 15.8. The lowest BCUT2D eigenvalue weighted by Gasteiger charge is -2.20. The largest absolute Gasteiger partial charge is 0.417 e. The highest BCUT2D eigenvalue weighted by atomic mass is 32.2. The van der Waals surface area contributed by atoms with Gasteiger partial charge in [-0.2, -0.15) is 13.2 Å². The fourth-order valence-corrected chi connectivity index (χ4v) is 4.21. The second kappa shape index (κ2) is 11.4. The lowest BCUT2D eigenvalue weighted by atomic mass is 10.1. The first kappa shape index (κ1) is 24.9. The average Bonchev–Trinajstić information content (AvgIpc) is 3.32. The molecule has 10 heteroatoms. The van der Waals surface area contributed by atoms with Crippen LogP contribution in [0.1, 0.15) is 38.2 Å². The summed E-state index contributed by atoms with van der Waals surface area (Å²) < 4.78 is 37.9. The zero-order valence-corrected chi connectivity index (χ0v) is 19.1. The Bertz CT molecular complexity index is 947. The molecule has 0 aliphatic carbocycles. The van der Waals surface area contributed by atoms with Crippen LogP contribution in [0.25, 0.3) is 0 Å². The van der Waals surface area contributed by atoms with Crippen LogP contribution in [0.15, 0.2) is 47.6 Å². The molecule has 178 valence electrons. The molecule has 0 radical (unpaired) electrons. The Morgan fingerprint density at radius 3 is 2.58 bits per heavy atom. The number of amides is 2. The summed E-state index contributed by atoms with van der Waals surface area (Å²) in [5.41, 5.74) is 0.884. The highest BCUT2D eigenvalue weighted by molar-refractivity contribution is 7.99. The van der Waals surface area contributed by atoms with Gasteiger partial charge in [-0.1, -0.05) is 31.2 Å². The minimum atomic E-state index is -4.46. The summed E-state index contributed by atoms with van der Waals surface area (Å²) >= 11 is 1.01. The maximum absolute atomic E-state index is 12.8. The van der Waals surface area contributed by atoms with Crippen molar-refractivity contribution in [1.29, 1.82) is 0 Å². The van der Waals surface area contributed by atoms with Crippen molar-refractivity contribution in [2.45, 2.75) is 49.9 Å². The molecule has 1 fully saturated rings. The molecule has 1 aromatic carbocycles. The van der Waals surface area contributed by atoms with E-state index in [4.69, 9.17) is 0 Å². The molecule has 2 aromatic rings. The first-order valence-electron chi connectivity index (χ1n) is 10.9. The fourth-order valence-electron chi connectivity index (χ4n) is 3.55. The molecule has 2 heterocycles. The zero-order chi connectivity index (χ0) is 23.8. The monoisotopic (exact) mass is 480 g/mol. The van der Waals surface area contributed by atoms with Crippen molar-refractivity contribution in [3.63, 3.8) is 0 Å². The molecule has 1 unspecified atom stereocenters. The summed E-state index contributed by atoms with van der Waals surface area (Å²) in [5.74, 6) is -0.751. The van der Waals surface area contributed by atoms with Gasteiger partial charge in [-0.25, -0.2) is 4.98 Å². The number of hydrogen-bond donors (Lipinski definition) is 2. The van der Waals surface area contributed by atoms with Crippen LogP contribution < -0.4 is 15.5 Å². The number of rotatable bonds is 9. The molecule has 1 atom stereocenters. The molecule has 0 spiro atoms. The van der Waals surface area contributed by atoms with E-state index in [0.29, 0.717) is 23.6 Å². The molecule has 33 heavy (non-hydrogen) atoms. The van der Waals surface area contributed by atoms with E-state index < -0.39 is 17.8 Å². The zero-order valence-electron chi connectivity index (χ0n) is 18.3. The number of carbonyl (C=O) groups excluding carboxylic acids is 2. The summed E-state index contributed by atoms with van der Waals surface area (Å²) in [4.78, 5) is 31.2. The topological polar surface area (TPSA) is 74.3 Å². The second-order valence-electron chi connectivity index (χ2n) is 7.81. The van der Waals surface area contributed by atoms with E-state index in [9.17, 15) is 22.8 Å². The van der Waals surface area contributed by atoms with Crippen LogP contribution in [0.4, 0.5) is 24.5 Å². The summed E-state index contributed by atoms with van der Waals surface area (Å²) in [7, 11) is 0. The molecule has 1 aliphatic heterocycles. The SMILES string of the molecule is CCCC(NC(=O)CSc1ccc(C(F)(F)F)cn1)C(=O)Nc1cccc(N2CCCC2)c1. The van der Waals surface area contributed by atoms with Crippen molar-refractivity contribution in [2.24, 2.45) is 0 Å². The van der Waals surface area contributed by atoms with Crippen molar-refractivity contribution >= 4 is 35.0 Å². The number of anilines is 2. The Morgan fingerprint density at radius 1 is 1.18 bits per heavy atom. The number of carbonyl (C=O) groups is 2. The van der Waals surface area contributed by atoms with E-state index in [1.807, 2.05) is 31.2 Å². The van der Waals surface area contributed by atoms with Gasteiger partial charge in [-0.05, 0) is 49.6 Å². The van der Waals surface area contributed by atoms with Crippen LogP contribution in [0.3, 0.4) is 0 Å². The quantitative estimate of drug-likeness (QED) is 0.508. The van der Waals surface area contributed by atoms with E-state index in [2.05, 4.69) is 20.5 Å². The number of benzene rings is 1. The highest BCUT2D eigenvalue weighted by Crippen LogP contribution is 2.29. The Kier molecular flexibility index (Phi) is 8.60. The molecule has 1 saturated heterocycles. The van der Waals surface area contributed by atoms with Gasteiger partial charge in [0.15, 0.2) is 0 Å². The second-order valence-corrected chi connectivity index (χ2v) is 8.81. The Hall–Kier alpha value is -2.75. The van der Waals surface area contributed by atoms with Crippen molar-refractivity contribution in [3.05, 3.63) is 48.2 Å². The molecule has 3 rings (SSSR count). The predicted octanol–water partition coefficient (Wildman–Crippen LogP) is 4.72. The van der Waals surface area contributed by atoms with Gasteiger partial charge in [0.25, 0.3) is 0 Å². The number of halogens is 3. The Labute approximate surface area is 195 Å². The van der Waals surface area contributed by atoms with Gasteiger partial charge in [0.1, 0.15) is 6.04 Å². The van der Waals surface area contributed by atoms with Crippen molar-refractivity contribution in [3.8, 4) is 0 Å². The normalized spacial score (nSPS) is 14.7. The average molecular weight is 481 g/mol. The van der Waals surface area contributed by atoms with Gasteiger partial charge in [-0.3, -0.25) is 9.59 Å². The van der Waals surface area contributed by atoms with Gasteiger partial charge in [0.2, 0.25) is 11.8 Å². The number of aromatic nitrogens is 1. The molecule has 1 aliphatic rings. The van der Waals surface area contributed by atoms with Gasteiger partial charge >= 0.3 is 6.18 Å². The number of nitrogens with one attached hydrogen (secondary N) is 2. The van der Waals surface area contributed by atoms with Gasteiger partial charge < -0.3 is 15.5 Å². The molecular weight excluding hydrogens is 453 g/mol. The van der Waals surface area contributed by atoms with Gasteiger partial charge in [0.05, 0.1) is 16.3 Å². The lowest BCUT2D eigenvalue weighted by Crippen LogP contribution is -2.44. The molecule has 2 amide bonds. The smallest absolute Gasteiger partial charge is 0.371 e. The molecule has 1 aromatic heterocycles. The number of alkyl halides is 3. The van der Waals surface area contributed by atoms with Crippen molar-refractivity contribution in [1.82, 2.24) is 10.3 Å². The molecule has 0 saturated carbocycles. The van der Waals surface area contributed by atoms with Gasteiger partial charge in [-0.15, -0.1) is 0 Å². The van der Waals surface area contributed by atoms with E-state index in [-0.39, 0.29) is 17.6 Å². The highest BCUT2D eigenvalue weighted by Gasteiger charge is 2.30. The van der Waals surface area contributed by atoms with Crippen LogP contribution in [-0.2, 0) is 15.8 Å². The summed E-state index contributed by atoms with van der Waals surface area (Å²) in [5, 5.41) is 5.91. The van der Waals surface area contributed by atoms with Crippen LogP contribution in [0.2, 0.25) is 0 Å². The van der Waals surface area contributed by atoms with Crippen molar-refractivity contribution < 1.29 is 22.8 Å². The first-order valence-corrected chi connectivity index (χ1v) is 11.9. The van der Waals surface area contributed by atoms with Crippen LogP contribution >= 0.6 is 11.8 Å². The Balaban J connectivity index is 1.54. The molecule has 0 bridgehead atoms. The van der Waals surface area contributed by atoms with E-state index in [0.717, 1.165) is 55.6 Å². The minimum absolute atomic E-state index is 0.0592. The minimum Gasteiger partial charge on any atom is -0.371 e. The summed E-state index contributed by atoms with van der Waals surface area (Å²) in [6.07, 6.45) is -0.249. The molecule has 2 N–H and O–H groups in total. The van der Waals surface area contributed by atoms with Crippen LogP contribution in [-0.4, -0.2) is 41.7 Å². The van der Waals surface area contributed by atoms with E-state index in [1.54, 1.807) is 0 Å². The third-order valence-electron chi connectivity index (χ3n) is 5.23. The predicted molar refractivity (Wildman–Crippen MR) is 123 cm³/mol. The number of thioether (sulfide) groups is 1. The fraction of sp³-hybridized carbons (Fsp3) is 0.435. The standard InChI is InChI=1S/C23H27F3N4O2S/c1-2-6-19(22(32)28-17-7-5-8-18(13-17)30-11-3-4-12-30)29-20(31)15-33-21-10-9-16(14-27-21)23(24,25)26/h5,7-10,13-14,19H,2-4,6,11-12,15H2,1H3,(H,28,32)(H,29,31). The van der Waals surface area contributed by atoms with E-state index >= 15 is 0 Å². The van der Waals surface area contributed by atoms with Crippen molar-refractivity contribution in [2.75, 3.05) is 29.1 Å². The number of pyridine rings is 1. The Morgan fingerprint density at radius 2 is 1.94 bits per heavy atom. The number of hydrogen-bond acceptors (Lipinski definition) is 5. The van der Waals surface area contributed by atoms with Gasteiger partial charge in [0, 0.05) is 30.7 Å². The molecule has 6 nitrogen and oxygen atoms in total. The van der Waals surface area contributed by atoms with Crippen LogP contribution in [0, 0.1) is 0 Å². The maximum atomic E-state index is 12.8. The third-order valence-corrected chi connectivity index (χ3v) is 6.17. The summed E-state index contributed by atoms with van der Waals surface area (Å²) in [6.45, 7) is 3.91.